The summed E-state index contributed by atoms with van der Waals surface area (Å²) in [6.45, 7) is 0. The molecule has 5 aromatic rings. The smallest absolute Gasteiger partial charge is 0.119 e. The number of hydrogen-bond donors (Lipinski definition) is 0. The lowest BCUT2D eigenvalue weighted by atomic mass is 10.1. The Labute approximate surface area is 156 Å². The van der Waals surface area contributed by atoms with Crippen LogP contribution in [0.5, 0.6) is 5.75 Å². The lowest BCUT2D eigenvalue weighted by molar-refractivity contribution is 0.415. The van der Waals surface area contributed by atoms with Gasteiger partial charge in [0.05, 0.1) is 23.8 Å². The first-order chi connectivity index (χ1) is 13.3. The molecule has 0 amide bonds. The summed E-state index contributed by atoms with van der Waals surface area (Å²) in [5, 5.41) is 7.08. The third-order valence-corrected chi connectivity index (χ3v) is 4.76. The maximum Gasteiger partial charge on any atom is 0.119 e. The molecule has 4 heteroatoms. The van der Waals surface area contributed by atoms with Gasteiger partial charge in [-0.1, -0.05) is 48.5 Å². The van der Waals surface area contributed by atoms with Crippen LogP contribution in [0.3, 0.4) is 0 Å². The predicted molar refractivity (Wildman–Crippen MR) is 108 cm³/mol. The third kappa shape index (κ3) is 2.54. The number of aromatic nitrogens is 3. The molecule has 0 saturated carbocycles. The molecule has 2 heterocycles. The molecule has 27 heavy (non-hydrogen) atoms. The molecule has 0 fully saturated rings. The van der Waals surface area contributed by atoms with Crippen molar-refractivity contribution in [1.82, 2.24) is 14.8 Å². The summed E-state index contributed by atoms with van der Waals surface area (Å²) in [5.74, 6) is 0.809. The van der Waals surface area contributed by atoms with Gasteiger partial charge in [0.25, 0.3) is 0 Å². The molecule has 0 aliphatic heterocycles. The fourth-order valence-electron chi connectivity index (χ4n) is 3.47. The van der Waals surface area contributed by atoms with Gasteiger partial charge >= 0.3 is 0 Å². The van der Waals surface area contributed by atoms with Gasteiger partial charge in [0, 0.05) is 22.5 Å². The summed E-state index contributed by atoms with van der Waals surface area (Å²) < 4.78 is 7.41. The highest BCUT2D eigenvalue weighted by molar-refractivity contribution is 6.08. The van der Waals surface area contributed by atoms with Crippen LogP contribution in [0.4, 0.5) is 0 Å². The van der Waals surface area contributed by atoms with Crippen LogP contribution in [-0.2, 0) is 0 Å². The van der Waals surface area contributed by atoms with Crippen LogP contribution in [0.1, 0.15) is 0 Å². The van der Waals surface area contributed by atoms with E-state index in [0.717, 1.165) is 44.5 Å². The van der Waals surface area contributed by atoms with Gasteiger partial charge < -0.3 is 4.74 Å². The SMILES string of the molecule is COc1cccc(-c2nn(-c3ccccc3)c3c2cnc2ccccc23)c1. The largest absolute Gasteiger partial charge is 0.497 e. The van der Waals surface area contributed by atoms with Crippen molar-refractivity contribution in [2.45, 2.75) is 0 Å². The third-order valence-electron chi connectivity index (χ3n) is 4.76. The van der Waals surface area contributed by atoms with Crippen LogP contribution >= 0.6 is 0 Å². The van der Waals surface area contributed by atoms with Crippen LogP contribution in [0.15, 0.2) is 85.1 Å². The molecule has 3 aromatic carbocycles. The highest BCUT2D eigenvalue weighted by Crippen LogP contribution is 2.34. The van der Waals surface area contributed by atoms with Gasteiger partial charge in [-0.25, -0.2) is 4.68 Å². The van der Waals surface area contributed by atoms with Crippen LogP contribution in [0, 0.1) is 0 Å². The van der Waals surface area contributed by atoms with Gasteiger partial charge in [0.2, 0.25) is 0 Å². The molecule has 2 aromatic heterocycles. The fourth-order valence-corrected chi connectivity index (χ4v) is 3.47. The summed E-state index contributed by atoms with van der Waals surface area (Å²) >= 11 is 0. The zero-order chi connectivity index (χ0) is 18.2. The van der Waals surface area contributed by atoms with Crippen molar-refractivity contribution >= 4 is 21.8 Å². The first kappa shape index (κ1) is 15.6. The first-order valence-corrected chi connectivity index (χ1v) is 8.81. The van der Waals surface area contributed by atoms with Gasteiger partial charge in [-0.2, -0.15) is 5.10 Å². The Kier molecular flexibility index (Phi) is 3.61. The van der Waals surface area contributed by atoms with Crippen molar-refractivity contribution in [3.8, 4) is 22.7 Å². The van der Waals surface area contributed by atoms with E-state index >= 15 is 0 Å². The van der Waals surface area contributed by atoms with Gasteiger partial charge in [0.1, 0.15) is 11.4 Å². The molecule has 0 N–H and O–H groups in total. The minimum absolute atomic E-state index is 0.809. The Bertz CT molecular complexity index is 1260. The zero-order valence-electron chi connectivity index (χ0n) is 14.8. The molecule has 0 aliphatic carbocycles. The van der Waals surface area contributed by atoms with E-state index in [9.17, 15) is 0 Å². The molecule has 0 spiro atoms. The number of pyridine rings is 1. The van der Waals surface area contributed by atoms with Crippen LogP contribution in [0.2, 0.25) is 0 Å². The molecule has 4 nitrogen and oxygen atoms in total. The molecular formula is C23H17N3O. The number of benzene rings is 3. The maximum absolute atomic E-state index is 5.40. The fraction of sp³-hybridized carbons (Fsp3) is 0.0435. The van der Waals surface area contributed by atoms with E-state index in [1.807, 2.05) is 65.5 Å². The van der Waals surface area contributed by atoms with E-state index < -0.39 is 0 Å². The number of hydrogen-bond acceptors (Lipinski definition) is 3. The minimum atomic E-state index is 0.809. The Hall–Kier alpha value is -3.66. The molecule has 0 unspecified atom stereocenters. The number of ether oxygens (including phenoxy) is 1. The second kappa shape index (κ2) is 6.25. The second-order valence-corrected chi connectivity index (χ2v) is 6.37. The number of para-hydroxylation sites is 2. The minimum Gasteiger partial charge on any atom is -0.497 e. The Morgan fingerprint density at radius 3 is 2.48 bits per heavy atom. The summed E-state index contributed by atoms with van der Waals surface area (Å²) in [5.41, 5.74) is 4.94. The number of rotatable bonds is 3. The van der Waals surface area contributed by atoms with Gasteiger partial charge in [-0.05, 0) is 30.3 Å². The lowest BCUT2D eigenvalue weighted by Gasteiger charge is -2.05. The zero-order valence-corrected chi connectivity index (χ0v) is 14.8. The first-order valence-electron chi connectivity index (χ1n) is 8.81. The Balaban J connectivity index is 1.89. The highest BCUT2D eigenvalue weighted by atomic mass is 16.5. The van der Waals surface area contributed by atoms with E-state index in [4.69, 9.17) is 9.84 Å². The number of fused-ring (bicyclic) bond motifs is 3. The Morgan fingerprint density at radius 1 is 0.815 bits per heavy atom. The molecule has 0 atom stereocenters. The van der Waals surface area contributed by atoms with Gasteiger partial charge in [-0.3, -0.25) is 4.98 Å². The predicted octanol–water partition coefficient (Wildman–Crippen LogP) is 5.25. The monoisotopic (exact) mass is 351 g/mol. The lowest BCUT2D eigenvalue weighted by Crippen LogP contribution is -1.96. The quantitative estimate of drug-likeness (QED) is 0.446. The molecule has 0 radical (unpaired) electrons. The van der Waals surface area contributed by atoms with Crippen molar-refractivity contribution in [3.63, 3.8) is 0 Å². The molecular weight excluding hydrogens is 334 g/mol. The average molecular weight is 351 g/mol. The van der Waals surface area contributed by atoms with Crippen LogP contribution in [0.25, 0.3) is 38.8 Å². The summed E-state index contributed by atoms with van der Waals surface area (Å²) in [4.78, 5) is 4.66. The Morgan fingerprint density at radius 2 is 1.63 bits per heavy atom. The maximum atomic E-state index is 5.40. The van der Waals surface area contributed by atoms with E-state index in [1.165, 1.54) is 0 Å². The summed E-state index contributed by atoms with van der Waals surface area (Å²) in [6.07, 6.45) is 1.92. The average Bonchev–Trinajstić information content (AvgIpc) is 3.15. The standard InChI is InChI=1S/C23H17N3O/c1-27-18-11-7-8-16(14-18)22-20-15-24-21-13-6-5-12-19(21)23(20)26(25-22)17-9-3-2-4-10-17/h2-15H,1H3. The van der Waals surface area contributed by atoms with E-state index in [2.05, 4.69) is 29.2 Å². The summed E-state index contributed by atoms with van der Waals surface area (Å²) in [7, 11) is 1.68. The number of methoxy groups -OCH3 is 1. The van der Waals surface area contributed by atoms with Crippen LogP contribution < -0.4 is 4.74 Å². The van der Waals surface area contributed by atoms with E-state index in [1.54, 1.807) is 7.11 Å². The number of nitrogens with zero attached hydrogens (tertiary/aromatic N) is 3. The molecule has 0 bridgehead atoms. The van der Waals surface area contributed by atoms with Crippen molar-refractivity contribution in [2.75, 3.05) is 7.11 Å². The second-order valence-electron chi connectivity index (χ2n) is 6.37. The topological polar surface area (TPSA) is 39.9 Å². The van der Waals surface area contributed by atoms with E-state index in [-0.39, 0.29) is 0 Å². The summed E-state index contributed by atoms with van der Waals surface area (Å²) in [6, 6.07) is 26.3. The van der Waals surface area contributed by atoms with Crippen molar-refractivity contribution in [2.24, 2.45) is 0 Å². The highest BCUT2D eigenvalue weighted by Gasteiger charge is 2.17. The molecule has 5 rings (SSSR count). The van der Waals surface area contributed by atoms with Crippen molar-refractivity contribution < 1.29 is 4.74 Å². The normalized spacial score (nSPS) is 11.1. The van der Waals surface area contributed by atoms with Crippen molar-refractivity contribution in [1.29, 1.82) is 0 Å². The van der Waals surface area contributed by atoms with Crippen LogP contribution in [-0.4, -0.2) is 21.9 Å². The molecule has 0 saturated heterocycles. The van der Waals surface area contributed by atoms with Gasteiger partial charge in [-0.15, -0.1) is 0 Å². The van der Waals surface area contributed by atoms with E-state index in [0.29, 0.717) is 0 Å². The molecule has 0 aliphatic rings. The molecule has 130 valence electrons. The van der Waals surface area contributed by atoms with Gasteiger partial charge in [0.15, 0.2) is 0 Å². The van der Waals surface area contributed by atoms with Crippen molar-refractivity contribution in [3.05, 3.63) is 85.1 Å².